The van der Waals surface area contributed by atoms with Crippen LogP contribution in [0.15, 0.2) is 6.26 Å². The third-order valence-electron chi connectivity index (χ3n) is 2.80. The molecule has 0 aromatic carbocycles. The molecule has 0 radical (unpaired) electrons. The highest BCUT2D eigenvalue weighted by atomic mass is 32.1. The van der Waals surface area contributed by atoms with Crippen molar-refractivity contribution in [1.29, 1.82) is 0 Å². The summed E-state index contributed by atoms with van der Waals surface area (Å²) in [4.78, 5) is 21.2. The van der Waals surface area contributed by atoms with Crippen LogP contribution in [0.5, 0.6) is 0 Å². The Morgan fingerprint density at radius 3 is 2.89 bits per heavy atom. The predicted octanol–water partition coefficient (Wildman–Crippen LogP) is 2.31. The molecule has 0 unspecified atom stereocenters. The highest BCUT2D eigenvalue weighted by Gasteiger charge is 2.32. The summed E-state index contributed by atoms with van der Waals surface area (Å²) in [6, 6.07) is 0. The van der Waals surface area contributed by atoms with Crippen molar-refractivity contribution < 1.29 is 9.63 Å². The van der Waals surface area contributed by atoms with Gasteiger partial charge < -0.3 is 10.2 Å². The van der Waals surface area contributed by atoms with Gasteiger partial charge in [-0.15, -0.1) is 0 Å². The number of nitrogens with one attached hydrogen (secondary N) is 1. The number of carbonyl (C=O) groups excluding carboxylic acids is 1. The van der Waals surface area contributed by atoms with Gasteiger partial charge in [0.25, 0.3) is 0 Å². The molecule has 1 aliphatic carbocycles. The summed E-state index contributed by atoms with van der Waals surface area (Å²) in [5, 5.41) is 3.35. The first kappa shape index (κ1) is 13.0. The van der Waals surface area contributed by atoms with E-state index < -0.39 is 0 Å². The number of allylic oxidation sites excluding steroid dienone is 1. The Kier molecular flexibility index (Phi) is 3.41. The number of amides is 1. The average Bonchev–Trinajstić information content (AvgIpc) is 2.57. The molecule has 0 aliphatic heterocycles. The zero-order valence-corrected chi connectivity index (χ0v) is 11.6. The number of fused-ring (bicyclic) bond motifs is 1. The second-order valence-electron chi connectivity index (χ2n) is 5.27. The van der Waals surface area contributed by atoms with Crippen LogP contribution in [0.1, 0.15) is 37.8 Å². The summed E-state index contributed by atoms with van der Waals surface area (Å²) in [5.74, 6) is 5.02. The molecule has 0 fully saturated rings. The van der Waals surface area contributed by atoms with Gasteiger partial charge in [0, 0.05) is 12.5 Å². The van der Waals surface area contributed by atoms with E-state index in [9.17, 15) is 4.79 Å². The molecule has 0 bridgehead atoms. The van der Waals surface area contributed by atoms with Gasteiger partial charge in [-0.2, -0.15) is 5.90 Å². The Morgan fingerprint density at radius 2 is 2.28 bits per heavy atom. The summed E-state index contributed by atoms with van der Waals surface area (Å²) in [5.41, 5.74) is 2.17. The van der Waals surface area contributed by atoms with Crippen LogP contribution in [0, 0.1) is 5.41 Å². The number of thiazole rings is 1. The van der Waals surface area contributed by atoms with E-state index in [1.165, 1.54) is 18.3 Å². The topological polar surface area (TPSA) is 77.2 Å². The molecule has 1 amide bonds. The van der Waals surface area contributed by atoms with Crippen LogP contribution in [-0.2, 0) is 16.1 Å². The maximum Gasteiger partial charge on any atom is 0.223 e. The quantitative estimate of drug-likeness (QED) is 0.636. The van der Waals surface area contributed by atoms with Gasteiger partial charge in [0.2, 0.25) is 5.91 Å². The van der Waals surface area contributed by atoms with E-state index in [2.05, 4.69) is 29.0 Å². The number of aromatic nitrogens is 1. The van der Waals surface area contributed by atoms with Crippen molar-refractivity contribution in [2.75, 3.05) is 5.32 Å². The Bertz CT molecular complexity index is 505. The molecule has 1 aliphatic rings. The second kappa shape index (κ2) is 4.70. The molecular formula is C12H17N3O2S. The summed E-state index contributed by atoms with van der Waals surface area (Å²) in [6.45, 7) is 5.83. The minimum absolute atomic E-state index is 0.110. The lowest BCUT2D eigenvalue weighted by Crippen LogP contribution is -2.21. The maximum atomic E-state index is 11.1. The third-order valence-corrected chi connectivity index (χ3v) is 3.89. The van der Waals surface area contributed by atoms with E-state index in [0.29, 0.717) is 5.13 Å². The Balaban J connectivity index is 2.39. The van der Waals surface area contributed by atoms with Crippen molar-refractivity contribution in [3.8, 4) is 0 Å². The third kappa shape index (κ3) is 2.70. The fourth-order valence-corrected chi connectivity index (χ4v) is 3.25. The minimum atomic E-state index is -0.110. The zero-order chi connectivity index (χ0) is 13.3. The van der Waals surface area contributed by atoms with Crippen molar-refractivity contribution in [3.05, 3.63) is 16.8 Å². The van der Waals surface area contributed by atoms with Crippen molar-refractivity contribution in [2.24, 2.45) is 11.3 Å². The number of hydrogen-bond acceptors (Lipinski definition) is 5. The number of rotatable bonds is 2. The first-order valence-corrected chi connectivity index (χ1v) is 6.55. The number of anilines is 1. The fourth-order valence-electron chi connectivity index (χ4n) is 2.22. The van der Waals surface area contributed by atoms with Crippen molar-refractivity contribution in [2.45, 2.75) is 33.6 Å². The highest BCUT2D eigenvalue weighted by Crippen LogP contribution is 2.44. The zero-order valence-electron chi connectivity index (χ0n) is 10.7. The molecule has 2 rings (SSSR count). The number of nitrogens with two attached hydrogens (primary N) is 1. The van der Waals surface area contributed by atoms with Gasteiger partial charge >= 0.3 is 0 Å². The largest absolute Gasteiger partial charge is 0.419 e. The number of nitrogens with zero attached hydrogens (tertiary/aromatic N) is 1. The summed E-state index contributed by atoms with van der Waals surface area (Å²) >= 11 is 1.47. The standard InChI is InChI=1S/C12H17N3O2S/c1-7(16)14-11-15-9-5-12(2,3)4-8(6-17-13)10(9)18-11/h6H,4-5,13H2,1-3H3,(H,14,15,16)/b8-6+. The van der Waals surface area contributed by atoms with Crippen LogP contribution in [0.2, 0.25) is 0 Å². The number of hydrogen-bond donors (Lipinski definition) is 2. The smallest absolute Gasteiger partial charge is 0.223 e. The molecule has 0 spiro atoms. The van der Waals surface area contributed by atoms with Crippen LogP contribution < -0.4 is 11.2 Å². The average molecular weight is 267 g/mol. The van der Waals surface area contributed by atoms with Crippen LogP contribution in [0.3, 0.4) is 0 Å². The van der Waals surface area contributed by atoms with Gasteiger partial charge in [-0.3, -0.25) is 4.79 Å². The van der Waals surface area contributed by atoms with E-state index in [0.717, 1.165) is 29.0 Å². The second-order valence-corrected chi connectivity index (χ2v) is 6.27. The maximum absolute atomic E-state index is 11.1. The van der Waals surface area contributed by atoms with E-state index in [-0.39, 0.29) is 11.3 Å². The lowest BCUT2D eigenvalue weighted by molar-refractivity contribution is -0.114. The van der Waals surface area contributed by atoms with E-state index >= 15 is 0 Å². The summed E-state index contributed by atoms with van der Waals surface area (Å²) in [7, 11) is 0. The van der Waals surface area contributed by atoms with Crippen molar-refractivity contribution in [1.82, 2.24) is 4.98 Å². The Hall–Kier alpha value is -1.40. The van der Waals surface area contributed by atoms with Gasteiger partial charge in [0.15, 0.2) is 5.13 Å². The SMILES string of the molecule is CC(=O)Nc1nc2c(s1)/C(=C/ON)CC(C)(C)C2. The molecule has 3 N–H and O–H groups in total. The molecule has 0 saturated carbocycles. The molecule has 18 heavy (non-hydrogen) atoms. The van der Waals surface area contributed by atoms with Crippen LogP contribution in [0.25, 0.3) is 5.57 Å². The first-order chi connectivity index (χ1) is 8.41. The Morgan fingerprint density at radius 1 is 1.56 bits per heavy atom. The first-order valence-electron chi connectivity index (χ1n) is 5.73. The summed E-state index contributed by atoms with van der Waals surface area (Å²) in [6.07, 6.45) is 3.34. The molecule has 1 aromatic heterocycles. The van der Waals surface area contributed by atoms with Gasteiger partial charge in [-0.1, -0.05) is 25.2 Å². The van der Waals surface area contributed by atoms with Crippen molar-refractivity contribution in [3.63, 3.8) is 0 Å². The Labute approximate surface area is 110 Å². The van der Waals surface area contributed by atoms with Gasteiger partial charge in [0.1, 0.15) is 6.26 Å². The monoisotopic (exact) mass is 267 g/mol. The molecule has 0 saturated heterocycles. The molecule has 1 heterocycles. The highest BCUT2D eigenvalue weighted by molar-refractivity contribution is 7.17. The molecule has 6 heteroatoms. The van der Waals surface area contributed by atoms with Crippen molar-refractivity contribution >= 4 is 27.9 Å². The van der Waals surface area contributed by atoms with Gasteiger partial charge in [0.05, 0.1) is 10.6 Å². The predicted molar refractivity (Wildman–Crippen MR) is 71.8 cm³/mol. The normalized spacial score (nSPS) is 19.4. The molecular weight excluding hydrogens is 250 g/mol. The van der Waals surface area contributed by atoms with Crippen LogP contribution >= 0.6 is 11.3 Å². The van der Waals surface area contributed by atoms with Crippen LogP contribution in [0.4, 0.5) is 5.13 Å². The minimum Gasteiger partial charge on any atom is -0.419 e. The number of carbonyl (C=O) groups is 1. The fraction of sp³-hybridized carbons (Fsp3) is 0.500. The lowest BCUT2D eigenvalue weighted by Gasteiger charge is -2.29. The molecule has 5 nitrogen and oxygen atoms in total. The van der Waals surface area contributed by atoms with E-state index in [1.54, 1.807) is 6.26 Å². The van der Waals surface area contributed by atoms with E-state index in [1.807, 2.05) is 0 Å². The molecule has 98 valence electrons. The summed E-state index contributed by atoms with van der Waals surface area (Å²) < 4.78 is 0. The van der Waals surface area contributed by atoms with Gasteiger partial charge in [-0.05, 0) is 18.3 Å². The van der Waals surface area contributed by atoms with Gasteiger partial charge in [-0.25, -0.2) is 4.98 Å². The lowest BCUT2D eigenvalue weighted by atomic mass is 9.77. The molecule has 0 atom stereocenters. The van der Waals surface area contributed by atoms with E-state index in [4.69, 9.17) is 5.90 Å². The van der Waals surface area contributed by atoms with Crippen LogP contribution in [-0.4, -0.2) is 10.9 Å². The molecule has 1 aromatic rings.